The van der Waals surface area contributed by atoms with Crippen LogP contribution in [0, 0.1) is 0 Å². The minimum absolute atomic E-state index is 0.0471. The third kappa shape index (κ3) is 3.50. The van der Waals surface area contributed by atoms with E-state index in [2.05, 4.69) is 34.9 Å². The van der Waals surface area contributed by atoms with Crippen LogP contribution in [0.2, 0.25) is 0 Å². The Kier molecular flexibility index (Phi) is 5.15. The van der Waals surface area contributed by atoms with Gasteiger partial charge in [-0.3, -0.25) is 4.68 Å². The van der Waals surface area contributed by atoms with Crippen molar-refractivity contribution in [2.24, 2.45) is 12.8 Å². The van der Waals surface area contributed by atoms with E-state index in [-0.39, 0.29) is 6.04 Å². The summed E-state index contributed by atoms with van der Waals surface area (Å²) in [6.45, 7) is 4.43. The highest BCUT2D eigenvalue weighted by Crippen LogP contribution is 2.25. The second-order valence-corrected chi connectivity index (χ2v) is 5.99. The first-order valence-corrected chi connectivity index (χ1v) is 6.95. The van der Waals surface area contributed by atoms with Gasteiger partial charge in [0.1, 0.15) is 0 Å². The van der Waals surface area contributed by atoms with Crippen LogP contribution in [0.1, 0.15) is 32.0 Å². The number of hydrogen-bond acceptors (Lipinski definition) is 3. The van der Waals surface area contributed by atoms with Crippen LogP contribution in [-0.2, 0) is 7.05 Å². The Bertz CT molecular complexity index is 294. The summed E-state index contributed by atoms with van der Waals surface area (Å²) in [6, 6.07) is 0.0471. The molecule has 2 atom stereocenters. The summed E-state index contributed by atoms with van der Waals surface area (Å²) in [6.07, 6.45) is 2.98. The zero-order valence-corrected chi connectivity index (χ0v) is 11.8. The Balaban J connectivity index is 2.57. The topological polar surface area (TPSA) is 43.8 Å². The van der Waals surface area contributed by atoms with E-state index < -0.39 is 0 Å². The third-order valence-corrected chi connectivity index (χ3v) is 4.49. The molecule has 2 N–H and O–H groups in total. The number of nitrogens with zero attached hydrogens (tertiary/aromatic N) is 2. The van der Waals surface area contributed by atoms with Crippen LogP contribution in [0.15, 0.2) is 10.7 Å². The molecule has 5 heteroatoms. The fourth-order valence-electron chi connectivity index (χ4n) is 1.30. The first-order chi connectivity index (χ1) is 7.06. The smallest absolute Gasteiger partial charge is 0.0698 e. The van der Waals surface area contributed by atoms with Crippen LogP contribution in [0.3, 0.4) is 0 Å². The number of aromatic nitrogens is 2. The van der Waals surface area contributed by atoms with Crippen molar-refractivity contribution in [3.05, 3.63) is 16.4 Å². The second-order valence-electron chi connectivity index (χ2n) is 3.66. The molecule has 0 fully saturated rings. The molecule has 1 rings (SSSR count). The average molecular weight is 292 g/mol. The summed E-state index contributed by atoms with van der Waals surface area (Å²) in [5.41, 5.74) is 7.21. The van der Waals surface area contributed by atoms with Crippen LogP contribution < -0.4 is 5.73 Å². The summed E-state index contributed by atoms with van der Waals surface area (Å²) in [7, 11) is 1.92. The van der Waals surface area contributed by atoms with E-state index in [1.165, 1.54) is 6.42 Å². The Morgan fingerprint density at radius 2 is 2.33 bits per heavy atom. The Morgan fingerprint density at radius 1 is 1.67 bits per heavy atom. The maximum absolute atomic E-state index is 6.13. The molecule has 1 aromatic heterocycles. The molecule has 0 aliphatic rings. The first-order valence-electron chi connectivity index (χ1n) is 5.10. The third-order valence-electron chi connectivity index (χ3n) is 2.42. The molecule has 0 radical (unpaired) electrons. The lowest BCUT2D eigenvalue weighted by atomic mass is 10.2. The van der Waals surface area contributed by atoms with Gasteiger partial charge in [-0.25, -0.2) is 0 Å². The fourth-order valence-corrected chi connectivity index (χ4v) is 2.87. The Morgan fingerprint density at radius 3 is 2.80 bits per heavy atom. The fraction of sp³-hybridized carbons (Fsp3) is 0.700. The van der Waals surface area contributed by atoms with Crippen molar-refractivity contribution in [2.45, 2.75) is 31.6 Å². The number of halogens is 1. The minimum atomic E-state index is 0.0471. The first kappa shape index (κ1) is 13.1. The van der Waals surface area contributed by atoms with Crippen LogP contribution in [0.4, 0.5) is 0 Å². The molecular weight excluding hydrogens is 274 g/mol. The van der Waals surface area contributed by atoms with Gasteiger partial charge in [0.2, 0.25) is 0 Å². The van der Waals surface area contributed by atoms with Gasteiger partial charge in [-0.05, 0) is 22.4 Å². The predicted molar refractivity (Wildman–Crippen MR) is 70.0 cm³/mol. The van der Waals surface area contributed by atoms with Gasteiger partial charge in [-0.1, -0.05) is 13.8 Å². The van der Waals surface area contributed by atoms with E-state index in [1.54, 1.807) is 6.20 Å². The minimum Gasteiger partial charge on any atom is -0.322 e. The Hall–Kier alpha value is 0. The van der Waals surface area contributed by atoms with E-state index in [0.717, 1.165) is 15.9 Å². The van der Waals surface area contributed by atoms with Gasteiger partial charge in [-0.2, -0.15) is 16.9 Å². The van der Waals surface area contributed by atoms with Crippen molar-refractivity contribution in [3.8, 4) is 0 Å². The lowest BCUT2D eigenvalue weighted by molar-refractivity contribution is 0.656. The maximum atomic E-state index is 6.13. The van der Waals surface area contributed by atoms with Crippen LogP contribution in [0.5, 0.6) is 0 Å². The van der Waals surface area contributed by atoms with Gasteiger partial charge in [0.05, 0.1) is 22.4 Å². The number of aryl methyl sites for hydroxylation is 1. The maximum Gasteiger partial charge on any atom is 0.0698 e. The van der Waals surface area contributed by atoms with E-state index >= 15 is 0 Å². The van der Waals surface area contributed by atoms with Crippen molar-refractivity contribution in [2.75, 3.05) is 5.75 Å². The molecule has 1 aromatic rings. The number of rotatable bonds is 5. The molecule has 3 nitrogen and oxygen atoms in total. The van der Waals surface area contributed by atoms with Crippen molar-refractivity contribution in [1.82, 2.24) is 9.78 Å². The second kappa shape index (κ2) is 5.92. The highest BCUT2D eigenvalue weighted by molar-refractivity contribution is 9.10. The molecule has 1 heterocycles. The van der Waals surface area contributed by atoms with Gasteiger partial charge < -0.3 is 5.73 Å². The highest BCUT2D eigenvalue weighted by Gasteiger charge is 2.15. The standard InChI is InChI=1S/C10H18BrN3S/c1-4-7(2)15-6-9(12)10-8(11)5-13-14(10)3/h5,7,9H,4,6,12H2,1-3H3. The van der Waals surface area contributed by atoms with Crippen molar-refractivity contribution in [3.63, 3.8) is 0 Å². The largest absolute Gasteiger partial charge is 0.322 e. The van der Waals surface area contributed by atoms with Crippen LogP contribution in [0.25, 0.3) is 0 Å². The number of thioether (sulfide) groups is 1. The molecule has 0 aliphatic carbocycles. The summed E-state index contributed by atoms with van der Waals surface area (Å²) >= 11 is 5.38. The Labute approximate surface area is 104 Å². The van der Waals surface area contributed by atoms with Gasteiger partial charge in [0.25, 0.3) is 0 Å². The van der Waals surface area contributed by atoms with Gasteiger partial charge in [-0.15, -0.1) is 0 Å². The molecule has 0 spiro atoms. The lowest BCUT2D eigenvalue weighted by Crippen LogP contribution is -2.18. The van der Waals surface area contributed by atoms with Gasteiger partial charge >= 0.3 is 0 Å². The molecule has 0 aliphatic heterocycles. The SMILES string of the molecule is CCC(C)SCC(N)c1c(Br)cnn1C. The van der Waals surface area contributed by atoms with Crippen molar-refractivity contribution >= 4 is 27.7 Å². The van der Waals surface area contributed by atoms with E-state index in [4.69, 9.17) is 5.73 Å². The van der Waals surface area contributed by atoms with E-state index in [1.807, 2.05) is 23.5 Å². The monoisotopic (exact) mass is 291 g/mol. The van der Waals surface area contributed by atoms with E-state index in [9.17, 15) is 0 Å². The summed E-state index contributed by atoms with van der Waals surface area (Å²) < 4.78 is 2.84. The van der Waals surface area contributed by atoms with Gasteiger partial charge in [0, 0.05) is 18.1 Å². The summed E-state index contributed by atoms with van der Waals surface area (Å²) in [4.78, 5) is 0. The zero-order valence-electron chi connectivity index (χ0n) is 9.40. The molecule has 15 heavy (non-hydrogen) atoms. The van der Waals surface area contributed by atoms with Crippen molar-refractivity contribution in [1.29, 1.82) is 0 Å². The molecule has 0 bridgehead atoms. The van der Waals surface area contributed by atoms with Crippen LogP contribution in [-0.4, -0.2) is 20.8 Å². The normalized spacial score (nSPS) is 15.3. The molecule has 86 valence electrons. The van der Waals surface area contributed by atoms with Gasteiger partial charge in [0.15, 0.2) is 0 Å². The molecule has 2 unspecified atom stereocenters. The molecule has 0 saturated carbocycles. The summed E-state index contributed by atoms with van der Waals surface area (Å²) in [5.74, 6) is 0.938. The molecular formula is C10H18BrN3S. The molecule has 0 saturated heterocycles. The quantitative estimate of drug-likeness (QED) is 0.907. The lowest BCUT2D eigenvalue weighted by Gasteiger charge is -2.15. The average Bonchev–Trinajstić information content (AvgIpc) is 2.54. The molecule has 0 amide bonds. The number of nitrogens with two attached hydrogens (primary N) is 1. The van der Waals surface area contributed by atoms with Crippen molar-refractivity contribution < 1.29 is 0 Å². The predicted octanol–water partition coefficient (Wildman–Crippen LogP) is 2.71. The number of hydrogen-bond donors (Lipinski definition) is 1. The van der Waals surface area contributed by atoms with Crippen LogP contribution >= 0.6 is 27.7 Å². The summed E-state index contributed by atoms with van der Waals surface area (Å²) in [5, 5.41) is 4.83. The zero-order chi connectivity index (χ0) is 11.4. The van der Waals surface area contributed by atoms with E-state index in [0.29, 0.717) is 5.25 Å². The molecule has 0 aromatic carbocycles. The highest BCUT2D eigenvalue weighted by atomic mass is 79.9.